The molecule has 1 aliphatic carbocycles. The van der Waals surface area contributed by atoms with Crippen LogP contribution in [0.3, 0.4) is 0 Å². The first kappa shape index (κ1) is 17.9. The Morgan fingerprint density at radius 2 is 2.04 bits per heavy atom. The van der Waals surface area contributed by atoms with Gasteiger partial charge in [-0.3, -0.25) is 9.89 Å². The zero-order chi connectivity index (χ0) is 18.9. The molecule has 27 heavy (non-hydrogen) atoms. The number of nitrogens with zero attached hydrogens (tertiary/aromatic N) is 3. The van der Waals surface area contributed by atoms with Gasteiger partial charge in [0, 0.05) is 29.2 Å². The van der Waals surface area contributed by atoms with Crippen LogP contribution in [0.5, 0.6) is 0 Å². The van der Waals surface area contributed by atoms with Crippen molar-refractivity contribution in [2.24, 2.45) is 5.73 Å². The number of rotatable bonds is 4. The highest BCUT2D eigenvalue weighted by atomic mass is 35.5. The number of benzene rings is 1. The Morgan fingerprint density at radius 3 is 2.70 bits per heavy atom. The Labute approximate surface area is 162 Å². The van der Waals surface area contributed by atoms with Gasteiger partial charge in [0.2, 0.25) is 0 Å². The fourth-order valence-corrected chi connectivity index (χ4v) is 4.25. The molecule has 2 aromatic heterocycles. The van der Waals surface area contributed by atoms with Crippen LogP contribution < -0.4 is 11.3 Å². The van der Waals surface area contributed by atoms with Crippen molar-refractivity contribution in [2.45, 2.75) is 37.1 Å². The topological polar surface area (TPSA) is 89.6 Å². The third kappa shape index (κ3) is 3.42. The minimum absolute atomic E-state index is 0.0687. The number of nitrogens with two attached hydrogens (primary N) is 1. The summed E-state index contributed by atoms with van der Waals surface area (Å²) in [4.78, 5) is 12.4. The van der Waals surface area contributed by atoms with Crippen LogP contribution in [0.4, 0.5) is 0 Å². The lowest BCUT2D eigenvalue weighted by Crippen LogP contribution is -2.41. The van der Waals surface area contributed by atoms with Gasteiger partial charge < -0.3 is 5.73 Å². The normalized spacial score (nSPS) is 22.7. The van der Waals surface area contributed by atoms with Gasteiger partial charge in [0.1, 0.15) is 5.69 Å². The summed E-state index contributed by atoms with van der Waals surface area (Å²) in [5, 5.41) is 12.2. The van der Waals surface area contributed by atoms with Crippen LogP contribution >= 0.6 is 11.6 Å². The lowest BCUT2D eigenvalue weighted by Gasteiger charge is -2.40. The summed E-state index contributed by atoms with van der Waals surface area (Å²) in [5.41, 5.74) is 8.72. The van der Waals surface area contributed by atoms with Gasteiger partial charge in [0.15, 0.2) is 0 Å². The van der Waals surface area contributed by atoms with E-state index in [9.17, 15) is 4.79 Å². The molecular formula is C20H22ClN5O. The Balaban J connectivity index is 1.59. The Kier molecular flexibility index (Phi) is 4.85. The molecule has 6 nitrogen and oxygen atoms in total. The lowest BCUT2D eigenvalue weighted by molar-refractivity contribution is 0.222. The van der Waals surface area contributed by atoms with Crippen molar-refractivity contribution in [3.05, 3.63) is 69.6 Å². The number of hydrogen-bond donors (Lipinski definition) is 2. The molecule has 4 rings (SSSR count). The summed E-state index contributed by atoms with van der Waals surface area (Å²) >= 11 is 6.19. The molecule has 0 saturated heterocycles. The maximum Gasteiger partial charge on any atom is 0.267 e. The van der Waals surface area contributed by atoms with Crippen LogP contribution in [0.15, 0.2) is 53.5 Å². The molecule has 1 fully saturated rings. The van der Waals surface area contributed by atoms with E-state index in [1.165, 1.54) is 5.56 Å². The fraction of sp³-hybridized carbons (Fsp3) is 0.350. The second-order valence-corrected chi connectivity index (χ2v) is 7.63. The maximum atomic E-state index is 12.4. The van der Waals surface area contributed by atoms with Gasteiger partial charge in [-0.25, -0.2) is 4.68 Å². The third-order valence-electron chi connectivity index (χ3n) is 5.69. The number of aromatic nitrogens is 4. The van der Waals surface area contributed by atoms with E-state index in [2.05, 4.69) is 21.4 Å². The Hall–Kier alpha value is -2.44. The number of nitrogens with one attached hydrogen (secondary N) is 1. The highest BCUT2D eigenvalue weighted by Crippen LogP contribution is 2.42. The summed E-state index contributed by atoms with van der Waals surface area (Å²) in [6, 6.07) is 13.2. The molecule has 7 heteroatoms. The highest BCUT2D eigenvalue weighted by molar-refractivity contribution is 6.30. The van der Waals surface area contributed by atoms with E-state index in [0.717, 1.165) is 42.1 Å². The molecule has 0 amide bonds. The largest absolute Gasteiger partial charge is 0.330 e. The van der Waals surface area contributed by atoms with Crippen LogP contribution in [0.2, 0.25) is 5.02 Å². The summed E-state index contributed by atoms with van der Waals surface area (Å²) in [7, 11) is 0. The quantitative estimate of drug-likeness (QED) is 0.723. The zero-order valence-electron chi connectivity index (χ0n) is 14.9. The van der Waals surface area contributed by atoms with Crippen LogP contribution in [-0.4, -0.2) is 26.5 Å². The van der Waals surface area contributed by atoms with E-state index in [0.29, 0.717) is 6.54 Å². The van der Waals surface area contributed by atoms with Crippen LogP contribution in [0.1, 0.15) is 37.3 Å². The van der Waals surface area contributed by atoms with Crippen molar-refractivity contribution in [3.8, 4) is 11.4 Å². The molecule has 2 heterocycles. The first-order valence-electron chi connectivity index (χ1n) is 9.17. The zero-order valence-corrected chi connectivity index (χ0v) is 15.7. The van der Waals surface area contributed by atoms with Gasteiger partial charge in [-0.2, -0.15) is 10.2 Å². The van der Waals surface area contributed by atoms with Crippen molar-refractivity contribution in [1.29, 1.82) is 0 Å². The van der Waals surface area contributed by atoms with Crippen molar-refractivity contribution < 1.29 is 0 Å². The molecule has 1 aliphatic rings. The predicted molar refractivity (Wildman–Crippen MR) is 106 cm³/mol. The molecule has 0 spiro atoms. The first-order chi connectivity index (χ1) is 13.1. The molecule has 3 aromatic rings. The molecule has 1 aromatic carbocycles. The van der Waals surface area contributed by atoms with Gasteiger partial charge in [-0.05, 0) is 55.5 Å². The minimum atomic E-state index is -0.0913. The number of aromatic amines is 1. The summed E-state index contributed by atoms with van der Waals surface area (Å²) in [6.45, 7) is 0.566. The molecule has 0 aliphatic heterocycles. The molecule has 0 unspecified atom stereocenters. The van der Waals surface area contributed by atoms with E-state index >= 15 is 0 Å². The summed E-state index contributed by atoms with van der Waals surface area (Å²) < 4.78 is 1.62. The number of H-pyrrole nitrogens is 1. The van der Waals surface area contributed by atoms with E-state index in [-0.39, 0.29) is 17.0 Å². The number of hydrogen-bond acceptors (Lipinski definition) is 4. The Morgan fingerprint density at radius 1 is 1.22 bits per heavy atom. The molecule has 1 saturated carbocycles. The SMILES string of the molecule is NC[C@]1(c2cccc(Cl)c2)CC[C@H](n2nc(-c3ccn[nH]3)ccc2=O)CC1. The van der Waals surface area contributed by atoms with E-state index < -0.39 is 0 Å². The molecular weight excluding hydrogens is 362 g/mol. The van der Waals surface area contributed by atoms with Gasteiger partial charge in [-0.1, -0.05) is 23.7 Å². The molecule has 3 N–H and O–H groups in total. The smallest absolute Gasteiger partial charge is 0.267 e. The van der Waals surface area contributed by atoms with Crippen molar-refractivity contribution >= 4 is 11.6 Å². The molecule has 140 valence electrons. The second-order valence-electron chi connectivity index (χ2n) is 7.20. The van der Waals surface area contributed by atoms with Crippen LogP contribution in [0.25, 0.3) is 11.4 Å². The third-order valence-corrected chi connectivity index (χ3v) is 5.92. The molecule has 0 radical (unpaired) electrons. The second kappa shape index (κ2) is 7.29. The Bertz CT molecular complexity index is 974. The maximum absolute atomic E-state index is 12.4. The minimum Gasteiger partial charge on any atom is -0.330 e. The lowest BCUT2D eigenvalue weighted by atomic mass is 9.68. The predicted octanol–water partition coefficient (Wildman–Crippen LogP) is 3.30. The molecule has 0 bridgehead atoms. The van der Waals surface area contributed by atoms with Crippen molar-refractivity contribution in [1.82, 2.24) is 20.0 Å². The fourth-order valence-electron chi connectivity index (χ4n) is 4.06. The van der Waals surface area contributed by atoms with Crippen LogP contribution in [0, 0.1) is 0 Å². The van der Waals surface area contributed by atoms with Gasteiger partial charge >= 0.3 is 0 Å². The standard InChI is InChI=1S/C20H22ClN5O/c21-15-3-1-2-14(12-15)20(13-22)9-6-16(7-10-20)26-19(27)5-4-18(25-26)17-8-11-23-24-17/h1-5,8,11-12,16H,6-7,9-10,13,22H2,(H,23,24)/t16-,20-. The van der Waals surface area contributed by atoms with Crippen molar-refractivity contribution in [3.63, 3.8) is 0 Å². The van der Waals surface area contributed by atoms with Crippen LogP contribution in [-0.2, 0) is 5.41 Å². The average molecular weight is 384 g/mol. The van der Waals surface area contributed by atoms with E-state index in [1.807, 2.05) is 24.3 Å². The van der Waals surface area contributed by atoms with Crippen molar-refractivity contribution in [2.75, 3.05) is 6.54 Å². The molecule has 0 atom stereocenters. The average Bonchev–Trinajstić information content (AvgIpc) is 3.23. The van der Waals surface area contributed by atoms with Gasteiger partial charge in [0.25, 0.3) is 5.56 Å². The number of halogens is 1. The highest BCUT2D eigenvalue weighted by Gasteiger charge is 2.37. The monoisotopic (exact) mass is 383 g/mol. The summed E-state index contributed by atoms with van der Waals surface area (Å²) in [5.74, 6) is 0. The van der Waals surface area contributed by atoms with Gasteiger partial charge in [-0.15, -0.1) is 0 Å². The summed E-state index contributed by atoms with van der Waals surface area (Å²) in [6.07, 6.45) is 5.17. The van der Waals surface area contributed by atoms with E-state index in [1.54, 1.807) is 23.0 Å². The first-order valence-corrected chi connectivity index (χ1v) is 9.55. The van der Waals surface area contributed by atoms with Gasteiger partial charge in [0.05, 0.1) is 11.7 Å². The van der Waals surface area contributed by atoms with E-state index in [4.69, 9.17) is 17.3 Å².